The molecule has 3 aromatic rings. The van der Waals surface area contributed by atoms with Gasteiger partial charge in [-0.1, -0.05) is 24.3 Å². The first-order valence-corrected chi connectivity index (χ1v) is 9.91. The number of fused-ring (bicyclic) bond motifs is 1. The Bertz CT molecular complexity index is 1010. The smallest absolute Gasteiger partial charge is 0.275 e. The first kappa shape index (κ1) is 17.9. The number of aryl methyl sites for hydroxylation is 1. The Kier molecular flexibility index (Phi) is 5.05. The average molecular weight is 383 g/mol. The fraction of sp³-hybridized carbons (Fsp3) is 0.350. The molecular formula is C20H21N3O3S. The number of carbonyl (C=O) groups is 1. The number of rotatable bonds is 5. The molecule has 7 heteroatoms. The van der Waals surface area contributed by atoms with Crippen molar-refractivity contribution < 1.29 is 9.53 Å². The third kappa shape index (κ3) is 3.65. The Balaban J connectivity index is 1.73. The molecule has 1 saturated heterocycles. The van der Waals surface area contributed by atoms with Crippen LogP contribution >= 0.6 is 11.3 Å². The number of amides is 1. The van der Waals surface area contributed by atoms with Crippen molar-refractivity contribution in [3.05, 3.63) is 62.7 Å². The topological polar surface area (TPSA) is 64.4 Å². The zero-order valence-corrected chi connectivity index (χ0v) is 15.9. The van der Waals surface area contributed by atoms with E-state index in [1.54, 1.807) is 41.5 Å². The van der Waals surface area contributed by atoms with Gasteiger partial charge < -0.3 is 9.64 Å². The van der Waals surface area contributed by atoms with Crippen LogP contribution in [0.15, 0.2) is 46.6 Å². The summed E-state index contributed by atoms with van der Waals surface area (Å²) in [5.74, 6) is -0.175. The number of thiophene rings is 1. The molecule has 2 aromatic heterocycles. The third-order valence-corrected chi connectivity index (χ3v) is 5.68. The van der Waals surface area contributed by atoms with Crippen LogP contribution in [0.25, 0.3) is 10.8 Å². The highest BCUT2D eigenvalue weighted by molar-refractivity contribution is 7.09. The van der Waals surface area contributed by atoms with Gasteiger partial charge in [0.15, 0.2) is 5.69 Å². The summed E-state index contributed by atoms with van der Waals surface area (Å²) >= 11 is 1.62. The van der Waals surface area contributed by atoms with Crippen molar-refractivity contribution in [2.45, 2.75) is 25.5 Å². The van der Waals surface area contributed by atoms with Crippen LogP contribution in [0.5, 0.6) is 0 Å². The average Bonchev–Trinajstić information content (AvgIpc) is 3.38. The third-order valence-electron chi connectivity index (χ3n) is 4.82. The van der Waals surface area contributed by atoms with Gasteiger partial charge in [0.2, 0.25) is 0 Å². The Morgan fingerprint density at radius 2 is 2.11 bits per heavy atom. The number of nitrogens with zero attached hydrogens (tertiary/aromatic N) is 3. The molecule has 1 aromatic carbocycles. The van der Waals surface area contributed by atoms with Crippen LogP contribution in [0.3, 0.4) is 0 Å². The van der Waals surface area contributed by atoms with Crippen LogP contribution in [0.1, 0.15) is 28.2 Å². The summed E-state index contributed by atoms with van der Waals surface area (Å²) in [6, 6.07) is 11.1. The lowest BCUT2D eigenvalue weighted by atomic mass is 10.1. The van der Waals surface area contributed by atoms with E-state index in [-0.39, 0.29) is 17.6 Å². The molecule has 1 amide bonds. The molecule has 1 fully saturated rings. The molecule has 27 heavy (non-hydrogen) atoms. The molecule has 0 unspecified atom stereocenters. The molecule has 0 bridgehead atoms. The van der Waals surface area contributed by atoms with Crippen LogP contribution in [0.4, 0.5) is 0 Å². The molecule has 4 rings (SSSR count). The Morgan fingerprint density at radius 1 is 1.30 bits per heavy atom. The largest absolute Gasteiger partial charge is 0.376 e. The van der Waals surface area contributed by atoms with Crippen molar-refractivity contribution in [3.8, 4) is 0 Å². The number of carbonyl (C=O) groups excluding carboxylic acids is 1. The summed E-state index contributed by atoms with van der Waals surface area (Å²) in [6.45, 7) is 1.78. The molecule has 0 N–H and O–H groups in total. The molecule has 1 atom stereocenters. The highest BCUT2D eigenvalue weighted by Crippen LogP contribution is 2.21. The van der Waals surface area contributed by atoms with Crippen molar-refractivity contribution in [3.63, 3.8) is 0 Å². The Labute approximate surface area is 161 Å². The van der Waals surface area contributed by atoms with E-state index in [1.807, 2.05) is 23.6 Å². The highest BCUT2D eigenvalue weighted by atomic mass is 32.1. The highest BCUT2D eigenvalue weighted by Gasteiger charge is 2.26. The monoisotopic (exact) mass is 383 g/mol. The van der Waals surface area contributed by atoms with E-state index in [2.05, 4.69) is 5.10 Å². The van der Waals surface area contributed by atoms with E-state index in [0.717, 1.165) is 24.3 Å². The van der Waals surface area contributed by atoms with Crippen LogP contribution in [-0.2, 0) is 18.3 Å². The van der Waals surface area contributed by atoms with E-state index >= 15 is 0 Å². The lowest BCUT2D eigenvalue weighted by Gasteiger charge is -2.25. The maximum Gasteiger partial charge on any atom is 0.275 e. The number of ether oxygens (including phenoxy) is 1. The van der Waals surface area contributed by atoms with Crippen LogP contribution in [0, 0.1) is 0 Å². The minimum atomic E-state index is -0.203. The van der Waals surface area contributed by atoms with Gasteiger partial charge in [0, 0.05) is 30.5 Å². The zero-order chi connectivity index (χ0) is 18.8. The van der Waals surface area contributed by atoms with Crippen LogP contribution in [-0.4, -0.2) is 39.8 Å². The first-order chi connectivity index (χ1) is 13.1. The second-order valence-corrected chi connectivity index (χ2v) is 7.76. The lowest BCUT2D eigenvalue weighted by Crippen LogP contribution is -2.38. The van der Waals surface area contributed by atoms with Crippen molar-refractivity contribution in [2.24, 2.45) is 7.05 Å². The quantitative estimate of drug-likeness (QED) is 0.680. The van der Waals surface area contributed by atoms with Crippen LogP contribution < -0.4 is 5.56 Å². The van der Waals surface area contributed by atoms with Gasteiger partial charge in [0.25, 0.3) is 11.5 Å². The molecule has 1 aliphatic rings. The van der Waals surface area contributed by atoms with Crippen molar-refractivity contribution >= 4 is 28.0 Å². The molecule has 6 nitrogen and oxygen atoms in total. The lowest BCUT2D eigenvalue weighted by molar-refractivity contribution is 0.0505. The second-order valence-electron chi connectivity index (χ2n) is 6.72. The molecule has 0 spiro atoms. The molecular weight excluding hydrogens is 362 g/mol. The van der Waals surface area contributed by atoms with E-state index < -0.39 is 0 Å². The van der Waals surface area contributed by atoms with Crippen molar-refractivity contribution in [1.82, 2.24) is 14.7 Å². The first-order valence-electron chi connectivity index (χ1n) is 9.03. The number of benzene rings is 1. The van der Waals surface area contributed by atoms with Gasteiger partial charge in [-0.25, -0.2) is 4.68 Å². The molecule has 140 valence electrons. The number of hydrogen-bond acceptors (Lipinski definition) is 5. The summed E-state index contributed by atoms with van der Waals surface area (Å²) in [6.07, 6.45) is 2.02. The Hall–Kier alpha value is -2.51. The van der Waals surface area contributed by atoms with E-state index in [1.165, 1.54) is 4.68 Å². The summed E-state index contributed by atoms with van der Waals surface area (Å²) in [7, 11) is 1.58. The maximum atomic E-state index is 13.4. The minimum absolute atomic E-state index is 0.0488. The summed E-state index contributed by atoms with van der Waals surface area (Å²) in [5.41, 5.74) is 0.105. The fourth-order valence-electron chi connectivity index (χ4n) is 3.45. The van der Waals surface area contributed by atoms with E-state index in [4.69, 9.17) is 4.74 Å². The molecule has 0 radical (unpaired) electrons. The van der Waals surface area contributed by atoms with Gasteiger partial charge in [-0.05, 0) is 30.4 Å². The van der Waals surface area contributed by atoms with Gasteiger partial charge in [-0.15, -0.1) is 11.3 Å². The number of hydrogen-bond donors (Lipinski definition) is 0. The molecule has 0 saturated carbocycles. The van der Waals surface area contributed by atoms with Crippen LogP contribution in [0.2, 0.25) is 0 Å². The zero-order valence-electron chi connectivity index (χ0n) is 15.1. The van der Waals surface area contributed by atoms with Crippen molar-refractivity contribution in [2.75, 3.05) is 13.2 Å². The SMILES string of the molecule is Cn1nc(C(=O)N(Cc2cccs2)C[C@H]2CCCO2)c2ccccc2c1=O. The molecule has 0 aliphatic carbocycles. The summed E-state index contributed by atoms with van der Waals surface area (Å²) in [4.78, 5) is 28.7. The standard InChI is InChI=1S/C20H21N3O3S/c1-22-19(24)17-9-3-2-8-16(17)18(21-22)20(25)23(12-14-6-4-10-26-14)13-15-7-5-11-27-15/h2-3,5,7-9,11,14H,4,6,10,12-13H2,1H3/t14-/m1/s1. The van der Waals surface area contributed by atoms with Gasteiger partial charge in [0.1, 0.15) is 0 Å². The fourth-order valence-corrected chi connectivity index (χ4v) is 4.17. The van der Waals surface area contributed by atoms with E-state index in [9.17, 15) is 9.59 Å². The molecule has 3 heterocycles. The maximum absolute atomic E-state index is 13.4. The van der Waals surface area contributed by atoms with Gasteiger partial charge in [-0.2, -0.15) is 5.10 Å². The van der Waals surface area contributed by atoms with Gasteiger partial charge >= 0.3 is 0 Å². The predicted molar refractivity (Wildman–Crippen MR) is 105 cm³/mol. The predicted octanol–water partition coefficient (Wildman–Crippen LogP) is 2.82. The molecule has 1 aliphatic heterocycles. The Morgan fingerprint density at radius 3 is 2.81 bits per heavy atom. The minimum Gasteiger partial charge on any atom is -0.376 e. The normalized spacial score (nSPS) is 16.7. The van der Waals surface area contributed by atoms with Gasteiger partial charge in [0.05, 0.1) is 18.0 Å². The van der Waals surface area contributed by atoms with Crippen molar-refractivity contribution in [1.29, 1.82) is 0 Å². The number of aromatic nitrogens is 2. The summed E-state index contributed by atoms with van der Waals surface area (Å²) < 4.78 is 6.99. The van der Waals surface area contributed by atoms with E-state index in [0.29, 0.717) is 29.6 Å². The summed E-state index contributed by atoms with van der Waals surface area (Å²) in [5, 5.41) is 7.40. The second kappa shape index (κ2) is 7.62. The van der Waals surface area contributed by atoms with Gasteiger partial charge in [-0.3, -0.25) is 9.59 Å².